The van der Waals surface area contributed by atoms with E-state index < -0.39 is 0 Å². The zero-order chi connectivity index (χ0) is 23.4. The lowest BCUT2D eigenvalue weighted by molar-refractivity contribution is -0.118. The summed E-state index contributed by atoms with van der Waals surface area (Å²) in [6.07, 6.45) is 1.81. The summed E-state index contributed by atoms with van der Waals surface area (Å²) < 4.78 is 5.60. The van der Waals surface area contributed by atoms with Crippen molar-refractivity contribution in [3.63, 3.8) is 0 Å². The molecule has 0 spiro atoms. The highest BCUT2D eigenvalue weighted by Crippen LogP contribution is 2.25. The van der Waals surface area contributed by atoms with Crippen LogP contribution in [0.3, 0.4) is 0 Å². The van der Waals surface area contributed by atoms with Gasteiger partial charge in [0.2, 0.25) is 0 Å². The molecule has 0 bridgehead atoms. The molecule has 0 atom stereocenters. The van der Waals surface area contributed by atoms with Crippen LogP contribution in [0.5, 0.6) is 5.75 Å². The van der Waals surface area contributed by atoms with Crippen LogP contribution in [0, 0.1) is 13.8 Å². The number of hydrogen-bond donors (Lipinski definition) is 1. The molecule has 0 aliphatic carbocycles. The number of aryl methyl sites for hydroxylation is 2. The van der Waals surface area contributed by atoms with E-state index in [0.29, 0.717) is 17.0 Å². The Balaban J connectivity index is 1.37. The Morgan fingerprint density at radius 3 is 2.39 bits per heavy atom. The quantitative estimate of drug-likeness (QED) is 0.542. The lowest BCUT2D eigenvalue weighted by atomic mass is 10.1. The van der Waals surface area contributed by atoms with E-state index in [1.807, 2.05) is 81.4 Å². The van der Waals surface area contributed by atoms with E-state index in [9.17, 15) is 9.59 Å². The maximum atomic E-state index is 12.8. The van der Waals surface area contributed by atoms with Crippen LogP contribution in [0.2, 0.25) is 0 Å². The highest BCUT2D eigenvalue weighted by atomic mass is 16.5. The molecule has 4 rings (SSSR count). The van der Waals surface area contributed by atoms with E-state index in [1.165, 1.54) is 10.6 Å². The molecule has 3 aromatic rings. The summed E-state index contributed by atoms with van der Waals surface area (Å²) >= 11 is 0. The summed E-state index contributed by atoms with van der Waals surface area (Å²) in [5, 5.41) is 8.64. The normalized spacial score (nSPS) is 14.4. The molecule has 1 aliphatic rings. The molecule has 1 N–H and O–H groups in total. The molecule has 166 valence electrons. The number of carbonyl (C=O) groups excluding carboxylic acids is 2. The van der Waals surface area contributed by atoms with Gasteiger partial charge >= 0.3 is 0 Å². The molecule has 0 saturated carbocycles. The van der Waals surface area contributed by atoms with Crippen molar-refractivity contribution >= 4 is 35.0 Å². The fourth-order valence-electron chi connectivity index (χ4n) is 3.42. The maximum Gasteiger partial charge on any atom is 0.280 e. The van der Waals surface area contributed by atoms with E-state index in [4.69, 9.17) is 4.74 Å². The van der Waals surface area contributed by atoms with Gasteiger partial charge in [0.05, 0.1) is 17.0 Å². The Morgan fingerprint density at radius 1 is 0.970 bits per heavy atom. The maximum absolute atomic E-state index is 12.8. The second-order valence-electron chi connectivity index (χ2n) is 7.90. The van der Waals surface area contributed by atoms with Crippen molar-refractivity contribution in [1.82, 2.24) is 0 Å². The number of ether oxygens (including phenoxy) is 1. The van der Waals surface area contributed by atoms with Crippen LogP contribution in [-0.2, 0) is 9.59 Å². The fraction of sp³-hybridized carbons (Fsp3) is 0.148. The van der Waals surface area contributed by atoms with Crippen LogP contribution in [0.25, 0.3) is 6.08 Å². The van der Waals surface area contributed by atoms with Gasteiger partial charge in [0.25, 0.3) is 11.8 Å². The summed E-state index contributed by atoms with van der Waals surface area (Å²) in [4.78, 5) is 25.0. The smallest absolute Gasteiger partial charge is 0.280 e. The summed E-state index contributed by atoms with van der Waals surface area (Å²) in [6, 6.07) is 22.3. The van der Waals surface area contributed by atoms with Crippen LogP contribution in [0.1, 0.15) is 23.6 Å². The van der Waals surface area contributed by atoms with Crippen LogP contribution in [0.15, 0.2) is 83.5 Å². The first-order valence-corrected chi connectivity index (χ1v) is 10.7. The van der Waals surface area contributed by atoms with Gasteiger partial charge in [0.15, 0.2) is 6.61 Å². The molecular weight excluding hydrogens is 414 g/mol. The first-order valence-electron chi connectivity index (χ1n) is 10.7. The molecule has 0 unspecified atom stereocenters. The summed E-state index contributed by atoms with van der Waals surface area (Å²) in [5.74, 6) is 0.178. The molecule has 1 aliphatic heterocycles. The Hall–Kier alpha value is -4.19. The van der Waals surface area contributed by atoms with Crippen molar-refractivity contribution in [2.75, 3.05) is 16.9 Å². The van der Waals surface area contributed by atoms with Gasteiger partial charge in [0.1, 0.15) is 5.75 Å². The van der Waals surface area contributed by atoms with Crippen LogP contribution in [0.4, 0.5) is 11.4 Å². The lowest BCUT2D eigenvalue weighted by Gasteiger charge is -2.11. The molecule has 6 nitrogen and oxygen atoms in total. The van der Waals surface area contributed by atoms with E-state index in [-0.39, 0.29) is 18.4 Å². The van der Waals surface area contributed by atoms with Crippen LogP contribution < -0.4 is 15.1 Å². The Bertz CT molecular complexity index is 1250. The van der Waals surface area contributed by atoms with Gasteiger partial charge in [-0.15, -0.1) is 0 Å². The molecule has 2 amide bonds. The van der Waals surface area contributed by atoms with Gasteiger partial charge < -0.3 is 10.1 Å². The number of nitrogens with one attached hydrogen (secondary N) is 1. The van der Waals surface area contributed by atoms with Gasteiger partial charge in [-0.25, -0.2) is 0 Å². The number of rotatable bonds is 6. The molecule has 0 radical (unpaired) electrons. The highest BCUT2D eigenvalue weighted by molar-refractivity contribution is 6.32. The number of hydrazone groups is 1. The Labute approximate surface area is 193 Å². The molecule has 3 aromatic carbocycles. The van der Waals surface area contributed by atoms with Gasteiger partial charge in [-0.1, -0.05) is 36.4 Å². The van der Waals surface area contributed by atoms with Crippen molar-refractivity contribution in [2.24, 2.45) is 5.10 Å². The standard InChI is InChI=1S/C27H25N3O3/c1-18-9-12-22(15-19(18)2)28-26(31)17-33-24-13-10-21(11-14-24)16-25-20(3)29-30(27(25)32)23-7-5-4-6-8-23/h4-16H,17H2,1-3H3,(H,28,31). The molecule has 33 heavy (non-hydrogen) atoms. The number of nitrogens with zero attached hydrogens (tertiary/aromatic N) is 2. The van der Waals surface area contributed by atoms with Gasteiger partial charge in [-0.2, -0.15) is 10.1 Å². The predicted molar refractivity (Wildman–Crippen MR) is 131 cm³/mol. The van der Waals surface area contributed by atoms with Crippen molar-refractivity contribution in [1.29, 1.82) is 0 Å². The minimum Gasteiger partial charge on any atom is -0.484 e. The molecular formula is C27H25N3O3. The predicted octanol–water partition coefficient (Wildman–Crippen LogP) is 5.13. The summed E-state index contributed by atoms with van der Waals surface area (Å²) in [6.45, 7) is 5.76. The summed E-state index contributed by atoms with van der Waals surface area (Å²) in [7, 11) is 0. The molecule has 0 saturated heterocycles. The van der Waals surface area contributed by atoms with Crippen molar-refractivity contribution in [3.8, 4) is 5.75 Å². The number of amides is 2. The minimum atomic E-state index is -0.228. The second-order valence-corrected chi connectivity index (χ2v) is 7.90. The number of anilines is 2. The van der Waals surface area contributed by atoms with E-state index in [2.05, 4.69) is 10.4 Å². The highest BCUT2D eigenvalue weighted by Gasteiger charge is 2.28. The van der Waals surface area contributed by atoms with Crippen LogP contribution in [-0.4, -0.2) is 24.1 Å². The first kappa shape index (κ1) is 22.0. The van der Waals surface area contributed by atoms with E-state index in [0.717, 1.165) is 22.5 Å². The van der Waals surface area contributed by atoms with Gasteiger partial charge in [-0.05, 0) is 79.9 Å². The third kappa shape index (κ3) is 5.18. The first-order chi connectivity index (χ1) is 15.9. The number of para-hydroxylation sites is 1. The average Bonchev–Trinajstić information content (AvgIpc) is 3.10. The number of hydrogen-bond acceptors (Lipinski definition) is 4. The number of carbonyl (C=O) groups is 2. The van der Waals surface area contributed by atoms with Crippen LogP contribution >= 0.6 is 0 Å². The minimum absolute atomic E-state index is 0.0936. The van der Waals surface area contributed by atoms with Gasteiger partial charge in [0, 0.05) is 5.69 Å². The Morgan fingerprint density at radius 2 is 1.70 bits per heavy atom. The zero-order valence-corrected chi connectivity index (χ0v) is 18.8. The van der Waals surface area contributed by atoms with Crippen molar-refractivity contribution < 1.29 is 14.3 Å². The molecule has 6 heteroatoms. The Kier molecular flexibility index (Phi) is 6.36. The third-order valence-corrected chi connectivity index (χ3v) is 5.42. The monoisotopic (exact) mass is 439 g/mol. The van der Waals surface area contributed by atoms with Gasteiger partial charge in [-0.3, -0.25) is 9.59 Å². The molecule has 1 heterocycles. The molecule has 0 aromatic heterocycles. The van der Waals surface area contributed by atoms with E-state index in [1.54, 1.807) is 18.2 Å². The van der Waals surface area contributed by atoms with E-state index >= 15 is 0 Å². The lowest BCUT2D eigenvalue weighted by Crippen LogP contribution is -2.21. The van der Waals surface area contributed by atoms with Crippen molar-refractivity contribution in [2.45, 2.75) is 20.8 Å². The molecule has 0 fully saturated rings. The average molecular weight is 440 g/mol. The number of benzene rings is 3. The summed E-state index contributed by atoms with van der Waals surface area (Å²) in [5.41, 5.74) is 5.81. The zero-order valence-electron chi connectivity index (χ0n) is 18.8. The third-order valence-electron chi connectivity index (χ3n) is 5.42. The van der Waals surface area contributed by atoms with Crippen molar-refractivity contribution in [3.05, 3.63) is 95.1 Å². The largest absolute Gasteiger partial charge is 0.484 e. The topological polar surface area (TPSA) is 71.0 Å². The SMILES string of the molecule is CC1=NN(c2ccccc2)C(=O)C1=Cc1ccc(OCC(=O)Nc2ccc(C)c(C)c2)cc1. The fourth-order valence-corrected chi connectivity index (χ4v) is 3.42. The second kappa shape index (κ2) is 9.53.